The summed E-state index contributed by atoms with van der Waals surface area (Å²) in [6, 6.07) is 15.6. The number of Topliss-reactive ketones (excluding diaryl/α,β-unsaturated/α-hetero) is 1. The van der Waals surface area contributed by atoms with E-state index in [2.05, 4.69) is 34.1 Å². The number of piperidine rings is 1. The fourth-order valence-corrected chi connectivity index (χ4v) is 5.05. The molecule has 34 heavy (non-hydrogen) atoms. The molecule has 4 aromatic rings. The molecular formula is C28H25N3O3. The molecule has 2 aliphatic rings. The molecule has 0 radical (unpaired) electrons. The number of anilines is 1. The van der Waals surface area contributed by atoms with Crippen LogP contribution >= 0.6 is 0 Å². The number of hydrogen-bond acceptors (Lipinski definition) is 5. The van der Waals surface area contributed by atoms with Crippen LogP contribution in [-0.4, -0.2) is 33.5 Å². The van der Waals surface area contributed by atoms with Gasteiger partial charge in [0.2, 0.25) is 5.78 Å². The van der Waals surface area contributed by atoms with Gasteiger partial charge in [-0.05, 0) is 66.8 Å². The van der Waals surface area contributed by atoms with Gasteiger partial charge in [0, 0.05) is 49.2 Å². The van der Waals surface area contributed by atoms with Crippen LogP contribution in [0.1, 0.15) is 35.2 Å². The van der Waals surface area contributed by atoms with Crippen LogP contribution in [0.5, 0.6) is 11.5 Å². The summed E-state index contributed by atoms with van der Waals surface area (Å²) >= 11 is 0. The van der Waals surface area contributed by atoms with Crippen LogP contribution in [0.25, 0.3) is 28.2 Å². The summed E-state index contributed by atoms with van der Waals surface area (Å²) in [5, 5.41) is 11.1. The van der Waals surface area contributed by atoms with Crippen LogP contribution in [0.15, 0.2) is 66.7 Å². The van der Waals surface area contributed by atoms with Gasteiger partial charge in [0.25, 0.3) is 0 Å². The van der Waals surface area contributed by atoms with Crippen molar-refractivity contribution in [1.82, 2.24) is 9.55 Å². The Morgan fingerprint density at radius 3 is 2.59 bits per heavy atom. The third-order valence-corrected chi connectivity index (χ3v) is 6.75. The van der Waals surface area contributed by atoms with Crippen molar-refractivity contribution >= 4 is 28.6 Å². The minimum Gasteiger partial charge on any atom is -0.507 e. The lowest BCUT2D eigenvalue weighted by Crippen LogP contribution is -2.29. The number of aromatic hydroxyl groups is 1. The minimum absolute atomic E-state index is 0.0695. The second-order valence-corrected chi connectivity index (χ2v) is 8.94. The van der Waals surface area contributed by atoms with Gasteiger partial charge in [0.05, 0.1) is 0 Å². The zero-order valence-electron chi connectivity index (χ0n) is 19.0. The number of nitrogens with zero attached hydrogens (tertiary/aromatic N) is 3. The molecule has 6 rings (SSSR count). The maximum Gasteiger partial charge on any atom is 0.235 e. The molecule has 1 saturated heterocycles. The highest BCUT2D eigenvalue weighted by atomic mass is 16.5. The summed E-state index contributed by atoms with van der Waals surface area (Å²) in [5.41, 5.74) is 5.28. The number of benzene rings is 2. The lowest BCUT2D eigenvalue weighted by Gasteiger charge is -2.28. The molecule has 1 fully saturated rings. The highest BCUT2D eigenvalue weighted by molar-refractivity contribution is 6.17. The van der Waals surface area contributed by atoms with Crippen molar-refractivity contribution in [3.05, 3.63) is 77.8 Å². The quantitative estimate of drug-likeness (QED) is 0.414. The smallest absolute Gasteiger partial charge is 0.235 e. The predicted octanol–water partition coefficient (Wildman–Crippen LogP) is 5.55. The highest BCUT2D eigenvalue weighted by Gasteiger charge is 2.30. The lowest BCUT2D eigenvalue weighted by atomic mass is 10.00. The van der Waals surface area contributed by atoms with Crippen molar-refractivity contribution in [2.75, 3.05) is 18.0 Å². The van der Waals surface area contributed by atoms with Gasteiger partial charge in [0.15, 0.2) is 5.76 Å². The Bertz CT molecular complexity index is 1440. The zero-order valence-corrected chi connectivity index (χ0v) is 19.0. The molecule has 2 aliphatic heterocycles. The van der Waals surface area contributed by atoms with Crippen molar-refractivity contribution in [2.45, 2.75) is 19.3 Å². The van der Waals surface area contributed by atoms with Gasteiger partial charge < -0.3 is 19.3 Å². The van der Waals surface area contributed by atoms with Crippen LogP contribution in [0.3, 0.4) is 0 Å². The largest absolute Gasteiger partial charge is 0.507 e. The number of ketones is 1. The summed E-state index contributed by atoms with van der Waals surface area (Å²) < 4.78 is 7.76. The van der Waals surface area contributed by atoms with Crippen LogP contribution in [0, 0.1) is 0 Å². The van der Waals surface area contributed by atoms with E-state index in [1.807, 2.05) is 30.1 Å². The first kappa shape index (κ1) is 20.5. The predicted molar refractivity (Wildman–Crippen MR) is 133 cm³/mol. The molecule has 4 heterocycles. The number of carbonyl (C=O) groups excluding carboxylic acids is 1. The van der Waals surface area contributed by atoms with Gasteiger partial charge in [-0.3, -0.25) is 4.79 Å². The Hall–Kier alpha value is -4.06. The number of aryl methyl sites for hydroxylation is 1. The van der Waals surface area contributed by atoms with Crippen LogP contribution in [0.4, 0.5) is 5.69 Å². The third-order valence-electron chi connectivity index (χ3n) is 6.75. The van der Waals surface area contributed by atoms with Crippen molar-refractivity contribution in [3.63, 3.8) is 0 Å². The molecule has 0 aliphatic carbocycles. The molecular weight excluding hydrogens is 426 g/mol. The number of phenolic OH excluding ortho intramolecular Hbond substituents is 1. The highest BCUT2D eigenvalue weighted by Crippen LogP contribution is 2.39. The van der Waals surface area contributed by atoms with Gasteiger partial charge in [-0.25, -0.2) is 4.98 Å². The molecule has 0 saturated carbocycles. The van der Waals surface area contributed by atoms with Crippen LogP contribution in [0.2, 0.25) is 0 Å². The van der Waals surface area contributed by atoms with E-state index in [0.717, 1.165) is 40.8 Å². The van der Waals surface area contributed by atoms with E-state index in [-0.39, 0.29) is 22.9 Å². The molecule has 2 aromatic heterocycles. The fourth-order valence-electron chi connectivity index (χ4n) is 5.05. The van der Waals surface area contributed by atoms with Crippen molar-refractivity contribution in [1.29, 1.82) is 0 Å². The maximum absolute atomic E-state index is 12.9. The first-order chi connectivity index (χ1) is 16.6. The van der Waals surface area contributed by atoms with Crippen molar-refractivity contribution in [3.8, 4) is 22.6 Å². The summed E-state index contributed by atoms with van der Waals surface area (Å²) in [7, 11) is 1.94. The Kier molecular flexibility index (Phi) is 4.87. The van der Waals surface area contributed by atoms with Gasteiger partial charge >= 0.3 is 0 Å². The first-order valence-corrected chi connectivity index (χ1v) is 11.7. The van der Waals surface area contributed by atoms with Gasteiger partial charge in [-0.15, -0.1) is 0 Å². The monoisotopic (exact) mass is 451 g/mol. The molecule has 0 spiro atoms. The topological polar surface area (TPSA) is 67.6 Å². The number of allylic oxidation sites excluding steroid dienone is 1. The van der Waals surface area contributed by atoms with E-state index >= 15 is 0 Å². The minimum atomic E-state index is -0.318. The van der Waals surface area contributed by atoms with E-state index in [1.165, 1.54) is 31.0 Å². The molecule has 170 valence electrons. The molecule has 0 amide bonds. The molecule has 0 bridgehead atoms. The first-order valence-electron chi connectivity index (χ1n) is 11.7. The lowest BCUT2D eigenvalue weighted by molar-refractivity contribution is 0.101. The Morgan fingerprint density at radius 1 is 1.03 bits per heavy atom. The number of ether oxygens (including phenoxy) is 1. The molecule has 0 unspecified atom stereocenters. The number of pyridine rings is 1. The maximum atomic E-state index is 12.9. The fraction of sp³-hybridized carbons (Fsp3) is 0.214. The number of aromatic nitrogens is 2. The van der Waals surface area contributed by atoms with Gasteiger partial charge in [-0.1, -0.05) is 18.2 Å². The summed E-state index contributed by atoms with van der Waals surface area (Å²) in [6.07, 6.45) is 9.33. The van der Waals surface area contributed by atoms with E-state index < -0.39 is 0 Å². The number of carbonyl (C=O) groups is 1. The summed E-state index contributed by atoms with van der Waals surface area (Å²) in [5.74, 6) is 0.184. The molecule has 2 aromatic carbocycles. The molecule has 1 N–H and O–H groups in total. The zero-order chi connectivity index (χ0) is 23.2. The summed E-state index contributed by atoms with van der Waals surface area (Å²) in [6.45, 7) is 2.22. The number of fused-ring (bicyclic) bond motifs is 2. The molecule has 0 atom stereocenters. The van der Waals surface area contributed by atoms with E-state index in [4.69, 9.17) is 4.74 Å². The van der Waals surface area contributed by atoms with Crippen LogP contribution < -0.4 is 9.64 Å². The van der Waals surface area contributed by atoms with E-state index in [1.54, 1.807) is 18.2 Å². The number of rotatable bonds is 3. The van der Waals surface area contributed by atoms with Gasteiger partial charge in [-0.2, -0.15) is 0 Å². The second-order valence-electron chi connectivity index (χ2n) is 8.94. The standard InChI is InChI=1S/C28H25N3O3/c1-30-17-19(16-24-27(33)26-22(32)6-5-7-23(26)34-24)25-21(12-13-29-28(25)30)18-8-10-20(11-9-18)31-14-3-2-4-15-31/h5-13,16-17,32H,2-4,14-15H2,1H3. The average Bonchev–Trinajstić information content (AvgIpc) is 3.37. The SMILES string of the molecule is Cn1cc(C=C2Oc3cccc(O)c3C2=O)c2c(-c3ccc(N4CCCCC4)cc3)ccnc21. The van der Waals surface area contributed by atoms with Gasteiger partial charge in [0.1, 0.15) is 22.7 Å². The van der Waals surface area contributed by atoms with Crippen molar-refractivity contribution < 1.29 is 14.6 Å². The average molecular weight is 452 g/mol. The van der Waals surface area contributed by atoms with Crippen LogP contribution in [-0.2, 0) is 7.05 Å². The Morgan fingerprint density at radius 2 is 1.82 bits per heavy atom. The second kappa shape index (κ2) is 8.06. The van der Waals surface area contributed by atoms with E-state index in [9.17, 15) is 9.90 Å². The van der Waals surface area contributed by atoms with E-state index in [0.29, 0.717) is 5.75 Å². The third kappa shape index (κ3) is 3.34. The molecule has 6 heteroatoms. The Balaban J connectivity index is 1.42. The number of hydrogen-bond donors (Lipinski definition) is 1. The number of phenols is 1. The van der Waals surface area contributed by atoms with Crippen molar-refractivity contribution in [2.24, 2.45) is 7.05 Å². The normalized spacial score (nSPS) is 16.8. The Labute approximate surface area is 197 Å². The molecule has 6 nitrogen and oxygen atoms in total. The summed E-state index contributed by atoms with van der Waals surface area (Å²) in [4.78, 5) is 20.0.